The Bertz CT molecular complexity index is 712. The second-order valence-corrected chi connectivity index (χ2v) is 5.23. The standard InChI is InChI=1S/C16H19FN4O2/c1-5-16(22)20(9-12-10-21(11(2)3)19-18-12)13-6-7-14(17)15(8-13)23-4/h5-8,10-11H,1,9H2,2-4H3. The van der Waals surface area contributed by atoms with Crippen molar-refractivity contribution in [2.45, 2.75) is 26.4 Å². The minimum atomic E-state index is -0.493. The van der Waals surface area contributed by atoms with E-state index >= 15 is 0 Å². The molecule has 0 unspecified atom stereocenters. The molecule has 6 nitrogen and oxygen atoms in total. The van der Waals surface area contributed by atoms with E-state index in [1.54, 1.807) is 10.9 Å². The molecule has 2 aromatic rings. The number of amides is 1. The lowest BCUT2D eigenvalue weighted by Gasteiger charge is -2.20. The Labute approximate surface area is 134 Å². The van der Waals surface area contributed by atoms with Gasteiger partial charge in [0.25, 0.3) is 5.91 Å². The summed E-state index contributed by atoms with van der Waals surface area (Å²) in [5, 5.41) is 8.07. The number of nitrogens with zero attached hydrogens (tertiary/aromatic N) is 4. The number of ether oxygens (including phenoxy) is 1. The molecule has 0 atom stereocenters. The molecule has 0 aliphatic heterocycles. The molecular weight excluding hydrogens is 299 g/mol. The number of carbonyl (C=O) groups is 1. The monoisotopic (exact) mass is 318 g/mol. The Hall–Kier alpha value is -2.70. The highest BCUT2D eigenvalue weighted by Crippen LogP contribution is 2.25. The molecule has 1 aromatic heterocycles. The molecule has 0 bridgehead atoms. The van der Waals surface area contributed by atoms with E-state index in [-0.39, 0.29) is 24.2 Å². The number of methoxy groups -OCH3 is 1. The van der Waals surface area contributed by atoms with Crippen LogP contribution in [0.3, 0.4) is 0 Å². The van der Waals surface area contributed by atoms with Gasteiger partial charge in [-0.1, -0.05) is 11.8 Å². The van der Waals surface area contributed by atoms with Crippen LogP contribution in [0.15, 0.2) is 37.1 Å². The minimum absolute atomic E-state index is 0.0650. The fourth-order valence-corrected chi connectivity index (χ4v) is 2.02. The Balaban J connectivity index is 2.33. The SMILES string of the molecule is C=CC(=O)N(Cc1cn(C(C)C)nn1)c1ccc(F)c(OC)c1. The van der Waals surface area contributed by atoms with E-state index in [1.807, 2.05) is 13.8 Å². The average Bonchev–Trinajstić information content (AvgIpc) is 3.01. The first-order valence-electron chi connectivity index (χ1n) is 7.14. The summed E-state index contributed by atoms with van der Waals surface area (Å²) in [6, 6.07) is 4.39. The largest absolute Gasteiger partial charge is 0.494 e. The van der Waals surface area contributed by atoms with Gasteiger partial charge in [0, 0.05) is 17.8 Å². The van der Waals surface area contributed by atoms with Crippen LogP contribution in [-0.2, 0) is 11.3 Å². The summed E-state index contributed by atoms with van der Waals surface area (Å²) in [4.78, 5) is 13.6. The van der Waals surface area contributed by atoms with Crippen molar-refractivity contribution < 1.29 is 13.9 Å². The lowest BCUT2D eigenvalue weighted by atomic mass is 10.2. The molecule has 0 saturated carbocycles. The van der Waals surface area contributed by atoms with Crippen molar-refractivity contribution in [2.75, 3.05) is 12.0 Å². The number of aromatic nitrogens is 3. The smallest absolute Gasteiger partial charge is 0.250 e. The van der Waals surface area contributed by atoms with Gasteiger partial charge in [0.2, 0.25) is 0 Å². The van der Waals surface area contributed by atoms with Crippen LogP contribution in [0, 0.1) is 5.82 Å². The van der Waals surface area contributed by atoms with Gasteiger partial charge in [0.05, 0.1) is 19.9 Å². The minimum Gasteiger partial charge on any atom is -0.494 e. The zero-order chi connectivity index (χ0) is 17.0. The molecule has 0 spiro atoms. The summed E-state index contributed by atoms with van der Waals surface area (Å²) in [6.45, 7) is 7.67. The summed E-state index contributed by atoms with van der Waals surface area (Å²) in [5.41, 5.74) is 1.12. The van der Waals surface area contributed by atoms with Crippen molar-refractivity contribution in [3.8, 4) is 5.75 Å². The van der Waals surface area contributed by atoms with Crippen LogP contribution in [0.4, 0.5) is 10.1 Å². The molecule has 0 N–H and O–H groups in total. The Kier molecular flexibility index (Phi) is 5.10. The van der Waals surface area contributed by atoms with Gasteiger partial charge in [-0.15, -0.1) is 5.10 Å². The van der Waals surface area contributed by atoms with Crippen LogP contribution in [0.2, 0.25) is 0 Å². The Morgan fingerprint density at radius 3 is 2.83 bits per heavy atom. The van der Waals surface area contributed by atoms with Crippen LogP contribution in [0.1, 0.15) is 25.6 Å². The molecular formula is C16H19FN4O2. The maximum absolute atomic E-state index is 13.6. The molecule has 7 heteroatoms. The zero-order valence-corrected chi connectivity index (χ0v) is 13.4. The van der Waals surface area contributed by atoms with Crippen molar-refractivity contribution in [3.63, 3.8) is 0 Å². The van der Waals surface area contributed by atoms with E-state index in [0.29, 0.717) is 11.4 Å². The highest BCUT2D eigenvalue weighted by Gasteiger charge is 2.17. The quantitative estimate of drug-likeness (QED) is 0.768. The molecule has 1 aromatic carbocycles. The summed E-state index contributed by atoms with van der Waals surface area (Å²) < 4.78 is 20.2. The van der Waals surface area contributed by atoms with Gasteiger partial charge in [-0.3, -0.25) is 4.79 Å². The molecule has 0 aliphatic carbocycles. The topological polar surface area (TPSA) is 60.2 Å². The number of hydrogen-bond donors (Lipinski definition) is 0. The van der Waals surface area contributed by atoms with Crippen LogP contribution in [0.5, 0.6) is 5.75 Å². The number of rotatable bonds is 6. The Morgan fingerprint density at radius 2 is 2.26 bits per heavy atom. The van der Waals surface area contributed by atoms with Gasteiger partial charge in [-0.25, -0.2) is 9.07 Å². The van der Waals surface area contributed by atoms with E-state index in [2.05, 4.69) is 16.9 Å². The highest BCUT2D eigenvalue weighted by molar-refractivity contribution is 6.01. The molecule has 0 radical (unpaired) electrons. The predicted molar refractivity (Wildman–Crippen MR) is 84.7 cm³/mol. The number of anilines is 1. The molecule has 2 rings (SSSR count). The molecule has 1 amide bonds. The lowest BCUT2D eigenvalue weighted by molar-refractivity contribution is -0.114. The second-order valence-electron chi connectivity index (χ2n) is 5.23. The summed E-state index contributed by atoms with van der Waals surface area (Å²) in [6.07, 6.45) is 2.97. The van der Waals surface area contributed by atoms with Gasteiger partial charge in [-0.2, -0.15) is 0 Å². The number of hydrogen-bond acceptors (Lipinski definition) is 4. The third-order valence-corrected chi connectivity index (χ3v) is 3.29. The van der Waals surface area contributed by atoms with E-state index < -0.39 is 5.82 Å². The predicted octanol–water partition coefficient (Wildman–Crippen LogP) is 2.73. The summed E-state index contributed by atoms with van der Waals surface area (Å²) in [7, 11) is 1.37. The van der Waals surface area contributed by atoms with E-state index in [4.69, 9.17) is 4.74 Å². The number of carbonyl (C=O) groups excluding carboxylic acids is 1. The fraction of sp³-hybridized carbons (Fsp3) is 0.312. The first-order chi connectivity index (χ1) is 11.0. The van der Waals surface area contributed by atoms with E-state index in [0.717, 1.165) is 0 Å². The summed E-state index contributed by atoms with van der Waals surface area (Å²) in [5.74, 6) is -0.749. The van der Waals surface area contributed by atoms with Gasteiger partial charge < -0.3 is 9.64 Å². The highest BCUT2D eigenvalue weighted by atomic mass is 19.1. The normalized spacial score (nSPS) is 10.7. The van der Waals surface area contributed by atoms with Crippen molar-refractivity contribution >= 4 is 11.6 Å². The molecule has 0 fully saturated rings. The zero-order valence-electron chi connectivity index (χ0n) is 13.4. The van der Waals surface area contributed by atoms with Gasteiger partial charge in [-0.05, 0) is 32.1 Å². The van der Waals surface area contributed by atoms with Crippen LogP contribution >= 0.6 is 0 Å². The average molecular weight is 318 g/mol. The fourth-order valence-electron chi connectivity index (χ4n) is 2.02. The van der Waals surface area contributed by atoms with E-state index in [1.165, 1.54) is 36.3 Å². The molecule has 0 aliphatic rings. The third-order valence-electron chi connectivity index (χ3n) is 3.29. The number of benzene rings is 1. The molecule has 23 heavy (non-hydrogen) atoms. The van der Waals surface area contributed by atoms with Crippen LogP contribution in [0.25, 0.3) is 0 Å². The van der Waals surface area contributed by atoms with Crippen molar-refractivity contribution in [3.05, 3.63) is 48.6 Å². The van der Waals surface area contributed by atoms with Crippen LogP contribution in [-0.4, -0.2) is 28.0 Å². The van der Waals surface area contributed by atoms with E-state index in [9.17, 15) is 9.18 Å². The van der Waals surface area contributed by atoms with Crippen LogP contribution < -0.4 is 9.64 Å². The van der Waals surface area contributed by atoms with Crippen molar-refractivity contribution in [1.82, 2.24) is 15.0 Å². The third kappa shape index (κ3) is 3.74. The molecule has 0 saturated heterocycles. The first kappa shape index (κ1) is 16.7. The molecule has 1 heterocycles. The maximum atomic E-state index is 13.6. The summed E-state index contributed by atoms with van der Waals surface area (Å²) >= 11 is 0. The van der Waals surface area contributed by atoms with Crippen molar-refractivity contribution in [1.29, 1.82) is 0 Å². The second kappa shape index (κ2) is 7.04. The lowest BCUT2D eigenvalue weighted by Crippen LogP contribution is -2.28. The van der Waals surface area contributed by atoms with Gasteiger partial charge >= 0.3 is 0 Å². The van der Waals surface area contributed by atoms with Gasteiger partial charge in [0.1, 0.15) is 5.69 Å². The van der Waals surface area contributed by atoms with Crippen molar-refractivity contribution in [2.24, 2.45) is 0 Å². The molecule has 122 valence electrons. The Morgan fingerprint density at radius 1 is 1.52 bits per heavy atom. The first-order valence-corrected chi connectivity index (χ1v) is 7.14. The van der Waals surface area contributed by atoms with Gasteiger partial charge in [0.15, 0.2) is 11.6 Å². The number of halogens is 1. The maximum Gasteiger partial charge on any atom is 0.250 e.